The number of rotatable bonds is 2. The van der Waals surface area contributed by atoms with Crippen molar-refractivity contribution in [2.75, 3.05) is 0 Å². The van der Waals surface area contributed by atoms with Crippen LogP contribution in [0.25, 0.3) is 10.8 Å². The van der Waals surface area contributed by atoms with Gasteiger partial charge in [0.1, 0.15) is 0 Å². The average molecular weight is 238 g/mol. The molecule has 0 saturated heterocycles. The molecule has 1 fully saturated rings. The van der Waals surface area contributed by atoms with Crippen LogP contribution in [-0.4, -0.2) is 5.78 Å². The van der Waals surface area contributed by atoms with Crippen LogP contribution >= 0.6 is 0 Å². The first kappa shape index (κ1) is 11.5. The second kappa shape index (κ2) is 4.93. The van der Waals surface area contributed by atoms with Gasteiger partial charge in [-0.25, -0.2) is 0 Å². The minimum absolute atomic E-state index is 0.254. The van der Waals surface area contributed by atoms with Crippen molar-refractivity contribution in [2.24, 2.45) is 5.92 Å². The molecule has 0 bridgehead atoms. The van der Waals surface area contributed by atoms with Gasteiger partial charge in [-0.2, -0.15) is 0 Å². The van der Waals surface area contributed by atoms with Gasteiger partial charge in [-0.3, -0.25) is 4.79 Å². The Labute approximate surface area is 108 Å². The van der Waals surface area contributed by atoms with E-state index in [-0.39, 0.29) is 5.92 Å². The van der Waals surface area contributed by atoms with E-state index in [2.05, 4.69) is 18.2 Å². The van der Waals surface area contributed by atoms with Gasteiger partial charge in [-0.1, -0.05) is 61.7 Å². The Bertz CT molecular complexity index is 559. The molecule has 1 aliphatic rings. The largest absolute Gasteiger partial charge is 0.294 e. The van der Waals surface area contributed by atoms with Crippen molar-refractivity contribution in [1.82, 2.24) is 0 Å². The lowest BCUT2D eigenvalue weighted by molar-refractivity contribution is 0.0891. The molecule has 92 valence electrons. The van der Waals surface area contributed by atoms with Gasteiger partial charge in [0, 0.05) is 11.5 Å². The molecule has 18 heavy (non-hydrogen) atoms. The zero-order chi connectivity index (χ0) is 12.4. The second-order valence-electron chi connectivity index (χ2n) is 5.23. The minimum Gasteiger partial charge on any atom is -0.294 e. The second-order valence-corrected chi connectivity index (χ2v) is 5.23. The van der Waals surface area contributed by atoms with Crippen LogP contribution in [0, 0.1) is 5.92 Å². The number of benzene rings is 2. The van der Waals surface area contributed by atoms with Gasteiger partial charge in [-0.05, 0) is 23.6 Å². The highest BCUT2D eigenvalue weighted by molar-refractivity contribution is 6.09. The maximum Gasteiger partial charge on any atom is 0.166 e. The Morgan fingerprint density at radius 1 is 0.889 bits per heavy atom. The molecular formula is C17H18O. The molecule has 0 spiro atoms. The Balaban J connectivity index is 2.00. The van der Waals surface area contributed by atoms with Gasteiger partial charge in [0.2, 0.25) is 0 Å². The predicted molar refractivity (Wildman–Crippen MR) is 74.9 cm³/mol. The van der Waals surface area contributed by atoms with Crippen LogP contribution in [0.4, 0.5) is 0 Å². The smallest absolute Gasteiger partial charge is 0.166 e. The van der Waals surface area contributed by atoms with E-state index >= 15 is 0 Å². The van der Waals surface area contributed by atoms with Crippen molar-refractivity contribution in [3.8, 4) is 0 Å². The molecule has 0 aliphatic heterocycles. The predicted octanol–water partition coefficient (Wildman–Crippen LogP) is 4.60. The lowest BCUT2D eigenvalue weighted by Crippen LogP contribution is -2.18. The zero-order valence-electron chi connectivity index (χ0n) is 10.6. The first-order valence-corrected chi connectivity index (χ1v) is 6.88. The van der Waals surface area contributed by atoms with E-state index in [0.29, 0.717) is 5.78 Å². The Kier molecular flexibility index (Phi) is 3.14. The molecular weight excluding hydrogens is 220 g/mol. The molecule has 1 aliphatic carbocycles. The lowest BCUT2D eigenvalue weighted by Gasteiger charge is -2.20. The summed E-state index contributed by atoms with van der Waals surface area (Å²) >= 11 is 0. The monoisotopic (exact) mass is 238 g/mol. The fraction of sp³-hybridized carbons (Fsp3) is 0.353. The number of hydrogen-bond acceptors (Lipinski definition) is 1. The molecule has 0 heterocycles. The molecule has 0 amide bonds. The highest BCUT2D eigenvalue weighted by Crippen LogP contribution is 2.29. The van der Waals surface area contributed by atoms with E-state index < -0.39 is 0 Å². The SMILES string of the molecule is O=C(c1cccc2ccccc12)C1CCCCC1. The van der Waals surface area contributed by atoms with Crippen LogP contribution in [0.5, 0.6) is 0 Å². The Morgan fingerprint density at radius 2 is 1.61 bits per heavy atom. The van der Waals surface area contributed by atoms with Crippen LogP contribution in [0.15, 0.2) is 42.5 Å². The fourth-order valence-electron chi connectivity index (χ4n) is 3.02. The van der Waals surface area contributed by atoms with E-state index in [9.17, 15) is 4.79 Å². The van der Waals surface area contributed by atoms with Crippen molar-refractivity contribution < 1.29 is 4.79 Å². The summed E-state index contributed by atoms with van der Waals surface area (Å²) in [6.07, 6.45) is 5.85. The standard InChI is InChI=1S/C17H18O/c18-17(14-8-2-1-3-9-14)16-12-6-10-13-7-4-5-11-15(13)16/h4-7,10-12,14H,1-3,8-9H2. The molecule has 0 N–H and O–H groups in total. The quantitative estimate of drug-likeness (QED) is 0.699. The van der Waals surface area contributed by atoms with E-state index in [1.54, 1.807) is 0 Å². The number of carbonyl (C=O) groups excluding carboxylic acids is 1. The molecule has 0 unspecified atom stereocenters. The van der Waals surface area contributed by atoms with Crippen molar-refractivity contribution >= 4 is 16.6 Å². The highest BCUT2D eigenvalue weighted by Gasteiger charge is 2.23. The fourth-order valence-corrected chi connectivity index (χ4v) is 3.02. The number of hydrogen-bond donors (Lipinski definition) is 0. The van der Waals surface area contributed by atoms with Crippen molar-refractivity contribution in [3.05, 3.63) is 48.0 Å². The maximum absolute atomic E-state index is 12.6. The van der Waals surface area contributed by atoms with Crippen LogP contribution < -0.4 is 0 Å². The zero-order valence-corrected chi connectivity index (χ0v) is 10.6. The molecule has 1 saturated carbocycles. The molecule has 1 nitrogen and oxygen atoms in total. The number of fused-ring (bicyclic) bond motifs is 1. The Hall–Kier alpha value is -1.63. The highest BCUT2D eigenvalue weighted by atomic mass is 16.1. The van der Waals surface area contributed by atoms with Crippen LogP contribution in [0.2, 0.25) is 0 Å². The lowest BCUT2D eigenvalue weighted by atomic mass is 9.83. The third kappa shape index (κ3) is 2.05. The van der Waals surface area contributed by atoms with Crippen molar-refractivity contribution in [1.29, 1.82) is 0 Å². The number of ketones is 1. The summed E-state index contributed by atoms with van der Waals surface area (Å²) in [6.45, 7) is 0. The van der Waals surface area contributed by atoms with Crippen LogP contribution in [0.3, 0.4) is 0 Å². The van der Waals surface area contributed by atoms with Crippen molar-refractivity contribution in [2.45, 2.75) is 32.1 Å². The van der Waals surface area contributed by atoms with Gasteiger partial charge >= 0.3 is 0 Å². The topological polar surface area (TPSA) is 17.1 Å². The van der Waals surface area contributed by atoms with Gasteiger partial charge in [0.15, 0.2) is 5.78 Å². The normalized spacial score (nSPS) is 16.9. The third-order valence-corrected chi connectivity index (χ3v) is 4.03. The Morgan fingerprint density at radius 3 is 2.44 bits per heavy atom. The molecule has 3 rings (SSSR count). The van der Waals surface area contributed by atoms with E-state index in [1.807, 2.05) is 24.3 Å². The maximum atomic E-state index is 12.6. The first-order chi connectivity index (χ1) is 8.86. The summed E-state index contributed by atoms with van der Waals surface area (Å²) in [5.74, 6) is 0.607. The van der Waals surface area contributed by atoms with Crippen LogP contribution in [-0.2, 0) is 0 Å². The summed E-state index contributed by atoms with van der Waals surface area (Å²) in [4.78, 5) is 12.6. The third-order valence-electron chi connectivity index (χ3n) is 4.03. The van der Waals surface area contributed by atoms with E-state index in [1.165, 1.54) is 24.6 Å². The molecule has 0 radical (unpaired) electrons. The summed E-state index contributed by atoms with van der Waals surface area (Å²) in [5, 5.41) is 2.27. The van der Waals surface area contributed by atoms with Gasteiger partial charge < -0.3 is 0 Å². The molecule has 0 atom stereocenters. The number of carbonyl (C=O) groups is 1. The van der Waals surface area contributed by atoms with E-state index in [4.69, 9.17) is 0 Å². The molecule has 0 aromatic heterocycles. The molecule has 2 aromatic carbocycles. The number of Topliss-reactive ketones (excluding diaryl/α,β-unsaturated/α-hetero) is 1. The van der Waals surface area contributed by atoms with Gasteiger partial charge in [0.25, 0.3) is 0 Å². The molecule has 1 heteroatoms. The van der Waals surface area contributed by atoms with Gasteiger partial charge in [0.05, 0.1) is 0 Å². The average Bonchev–Trinajstić information content (AvgIpc) is 2.47. The van der Waals surface area contributed by atoms with Gasteiger partial charge in [-0.15, -0.1) is 0 Å². The summed E-state index contributed by atoms with van der Waals surface area (Å²) in [7, 11) is 0. The summed E-state index contributed by atoms with van der Waals surface area (Å²) in [5.41, 5.74) is 0.917. The van der Waals surface area contributed by atoms with Crippen molar-refractivity contribution in [3.63, 3.8) is 0 Å². The summed E-state index contributed by atoms with van der Waals surface area (Å²) in [6, 6.07) is 14.2. The van der Waals surface area contributed by atoms with E-state index in [0.717, 1.165) is 23.8 Å². The molecule has 2 aromatic rings. The summed E-state index contributed by atoms with van der Waals surface area (Å²) < 4.78 is 0. The van der Waals surface area contributed by atoms with Crippen LogP contribution in [0.1, 0.15) is 42.5 Å². The minimum atomic E-state index is 0.254. The first-order valence-electron chi connectivity index (χ1n) is 6.88.